The molecule has 2 aliphatic heterocycles. The molecule has 0 radical (unpaired) electrons. The van der Waals surface area contributed by atoms with Gasteiger partial charge in [0.15, 0.2) is 6.61 Å². The van der Waals surface area contributed by atoms with Gasteiger partial charge >= 0.3 is 19.5 Å². The molecule has 0 bridgehead atoms. The van der Waals surface area contributed by atoms with Crippen LogP contribution < -0.4 is 20.2 Å². The van der Waals surface area contributed by atoms with E-state index in [2.05, 4.69) is 25.0 Å². The molecule has 9 rings (SSSR count). The van der Waals surface area contributed by atoms with Gasteiger partial charge < -0.3 is 24.0 Å². The van der Waals surface area contributed by atoms with Gasteiger partial charge in [0.1, 0.15) is 48.1 Å². The van der Waals surface area contributed by atoms with E-state index < -0.39 is 55.5 Å². The molecule has 73 heavy (non-hydrogen) atoms. The van der Waals surface area contributed by atoms with Crippen LogP contribution in [-0.2, 0) is 57.8 Å². The maximum absolute atomic E-state index is 15.1. The van der Waals surface area contributed by atoms with Crippen molar-refractivity contribution in [2.24, 2.45) is 5.92 Å². The third-order valence-corrected chi connectivity index (χ3v) is 14.4. The summed E-state index contributed by atoms with van der Waals surface area (Å²) in [5.74, 6) is -1.47. The van der Waals surface area contributed by atoms with Crippen molar-refractivity contribution >= 4 is 25.2 Å². The Kier molecular flexibility index (Phi) is 16.2. The first-order chi connectivity index (χ1) is 35.5. The Morgan fingerprint density at radius 1 is 0.795 bits per heavy atom. The van der Waals surface area contributed by atoms with Crippen molar-refractivity contribution < 1.29 is 45.9 Å². The second-order valence-electron chi connectivity index (χ2n) is 18.0. The maximum Gasteiger partial charge on any atom is 0.475 e. The van der Waals surface area contributed by atoms with Crippen molar-refractivity contribution in [1.29, 1.82) is 0 Å². The minimum absolute atomic E-state index is 0.0447. The fraction of sp³-hybridized carbons (Fsp3) is 0.340. The standard InChI is InChI=1S/C53H57F2N8O9P/c1-3-50(39(2)72-51(64)34-71-73(66,69-32-40-10-6-4-7-11-40)70-33-41-12-8-5-9-13-41)63-52(65)62(38-58-63)46-17-15-44(16-18-46)59-24-26-60(27-25-59)45-19-21-47(22-20-45)67-30-42-29-53(68-31-42,35-61-37-56-36-57-61)48-23-14-43(54)28-49(48)55/h4-23,28,36-39,42,50H,3,24-27,29-35H2,1-2H3. The highest BCUT2D eigenvalue weighted by atomic mass is 31.2. The number of esters is 1. The highest BCUT2D eigenvalue weighted by molar-refractivity contribution is 7.48. The van der Waals surface area contributed by atoms with Crippen LogP contribution in [0.2, 0.25) is 0 Å². The SMILES string of the molecule is CCC(C(C)OC(=O)COP(=O)(OCc1ccccc1)OCc1ccccc1)n1ncn(-c2ccc(N3CCN(c4ccc(OCC5COC(Cn6cncn6)(c6ccc(F)cc6F)C5)cc4)CC3)cc2)c1=O. The van der Waals surface area contributed by atoms with E-state index in [-0.39, 0.29) is 31.2 Å². The molecule has 2 aromatic heterocycles. The van der Waals surface area contributed by atoms with Crippen LogP contribution in [0.15, 0.2) is 151 Å². The fourth-order valence-electron chi connectivity index (χ4n) is 9.24. The normalized spacial score (nSPS) is 17.9. The zero-order valence-corrected chi connectivity index (χ0v) is 41.4. The van der Waals surface area contributed by atoms with Crippen LogP contribution in [0.25, 0.3) is 5.69 Å². The number of rotatable bonds is 22. The summed E-state index contributed by atoms with van der Waals surface area (Å²) in [6.07, 6.45) is 4.48. The molecule has 7 aromatic rings. The predicted octanol–water partition coefficient (Wildman–Crippen LogP) is 8.68. The second-order valence-corrected chi connectivity index (χ2v) is 19.7. The van der Waals surface area contributed by atoms with Gasteiger partial charge in [-0.15, -0.1) is 0 Å². The van der Waals surface area contributed by atoms with Crippen LogP contribution in [0.3, 0.4) is 0 Å². The lowest BCUT2D eigenvalue weighted by Crippen LogP contribution is -2.46. The number of hydrogen-bond donors (Lipinski definition) is 0. The van der Waals surface area contributed by atoms with Gasteiger partial charge in [-0.2, -0.15) is 10.2 Å². The highest BCUT2D eigenvalue weighted by Gasteiger charge is 2.45. The summed E-state index contributed by atoms with van der Waals surface area (Å²) >= 11 is 0. The molecular weight excluding hydrogens is 962 g/mol. The Bertz CT molecular complexity index is 2950. The zero-order chi connectivity index (χ0) is 50.8. The van der Waals surface area contributed by atoms with Crippen LogP contribution in [0.4, 0.5) is 20.2 Å². The lowest BCUT2D eigenvalue weighted by molar-refractivity contribution is -0.153. The van der Waals surface area contributed by atoms with Gasteiger partial charge in [-0.05, 0) is 85.5 Å². The summed E-state index contributed by atoms with van der Waals surface area (Å²) in [6, 6.07) is 36.9. The zero-order valence-electron chi connectivity index (χ0n) is 40.5. The fourth-order valence-corrected chi connectivity index (χ4v) is 10.3. The molecule has 382 valence electrons. The number of carbonyl (C=O) groups excluding carboxylic acids is 1. The molecule has 0 saturated carbocycles. The van der Waals surface area contributed by atoms with Gasteiger partial charge in [-0.25, -0.2) is 41.8 Å². The quantitative estimate of drug-likeness (QED) is 0.0467. The number of hydrogen-bond acceptors (Lipinski definition) is 14. The number of aromatic nitrogens is 6. The Hall–Kier alpha value is -7.02. The lowest BCUT2D eigenvalue weighted by Gasteiger charge is -2.37. The van der Waals surface area contributed by atoms with Crippen molar-refractivity contribution in [2.45, 2.75) is 64.2 Å². The first-order valence-electron chi connectivity index (χ1n) is 24.2. The molecule has 2 aliphatic rings. The highest BCUT2D eigenvalue weighted by Crippen LogP contribution is 2.51. The summed E-state index contributed by atoms with van der Waals surface area (Å²) in [5, 5.41) is 8.60. The molecule has 5 aromatic carbocycles. The van der Waals surface area contributed by atoms with Gasteiger partial charge in [0.25, 0.3) is 0 Å². The Morgan fingerprint density at radius 3 is 2.00 bits per heavy atom. The van der Waals surface area contributed by atoms with Gasteiger partial charge in [-0.1, -0.05) is 73.7 Å². The monoisotopic (exact) mass is 1020 g/mol. The van der Waals surface area contributed by atoms with Crippen molar-refractivity contribution in [3.05, 3.63) is 185 Å². The second kappa shape index (κ2) is 23.2. The molecule has 0 N–H and O–H groups in total. The number of nitrogens with zero attached hydrogens (tertiary/aromatic N) is 8. The summed E-state index contributed by atoms with van der Waals surface area (Å²) in [7, 11) is -4.22. The average molecular weight is 1020 g/mol. The molecule has 0 aliphatic carbocycles. The molecule has 4 atom stereocenters. The van der Waals surface area contributed by atoms with Crippen molar-refractivity contribution in [2.75, 3.05) is 55.8 Å². The number of phosphoric ester groups is 1. The predicted molar refractivity (Wildman–Crippen MR) is 267 cm³/mol. The molecule has 20 heteroatoms. The van der Waals surface area contributed by atoms with Crippen LogP contribution in [0, 0.1) is 17.6 Å². The van der Waals surface area contributed by atoms with Crippen molar-refractivity contribution in [1.82, 2.24) is 29.1 Å². The number of anilines is 2. The number of carbonyl (C=O) groups is 1. The minimum Gasteiger partial charge on any atom is -0.493 e. The summed E-state index contributed by atoms with van der Waals surface area (Å²) in [5.41, 5.74) is 3.03. The molecule has 0 spiro atoms. The van der Waals surface area contributed by atoms with Crippen molar-refractivity contribution in [3.8, 4) is 11.4 Å². The number of halogens is 2. The summed E-state index contributed by atoms with van der Waals surface area (Å²) in [6.45, 7) is 6.74. The number of benzene rings is 5. The maximum atomic E-state index is 15.1. The van der Waals surface area contributed by atoms with Gasteiger partial charge in [-0.3, -0.25) is 13.6 Å². The van der Waals surface area contributed by atoms with E-state index >= 15 is 4.39 Å². The van der Waals surface area contributed by atoms with E-state index in [1.54, 1.807) is 42.2 Å². The van der Waals surface area contributed by atoms with E-state index in [1.807, 2.05) is 91.9 Å². The lowest BCUT2D eigenvalue weighted by atomic mass is 9.87. The van der Waals surface area contributed by atoms with Crippen LogP contribution >= 0.6 is 7.82 Å². The largest absolute Gasteiger partial charge is 0.493 e. The van der Waals surface area contributed by atoms with E-state index in [0.29, 0.717) is 37.5 Å². The minimum atomic E-state index is -4.22. The molecule has 2 fully saturated rings. The van der Waals surface area contributed by atoms with E-state index in [0.717, 1.165) is 54.7 Å². The van der Waals surface area contributed by atoms with Crippen LogP contribution in [0.1, 0.15) is 49.4 Å². The molecule has 4 heterocycles. The summed E-state index contributed by atoms with van der Waals surface area (Å²) < 4.78 is 81.9. The Morgan fingerprint density at radius 2 is 1.41 bits per heavy atom. The molecular formula is C53H57F2N8O9P. The first-order valence-corrected chi connectivity index (χ1v) is 25.6. The van der Waals surface area contributed by atoms with Gasteiger partial charge in [0, 0.05) is 55.1 Å². The third kappa shape index (κ3) is 12.6. The number of piperazine rings is 1. The van der Waals surface area contributed by atoms with E-state index in [1.165, 1.54) is 34.0 Å². The average Bonchev–Trinajstić information content (AvgIpc) is 4.18. The molecule has 0 amide bonds. The van der Waals surface area contributed by atoms with Crippen LogP contribution in [0.5, 0.6) is 5.75 Å². The Labute approximate surface area is 421 Å². The third-order valence-electron chi connectivity index (χ3n) is 13.1. The van der Waals surface area contributed by atoms with Gasteiger partial charge in [0.2, 0.25) is 0 Å². The number of ether oxygens (including phenoxy) is 3. The van der Waals surface area contributed by atoms with E-state index in [4.69, 9.17) is 27.8 Å². The first kappa shape index (κ1) is 50.9. The topological polar surface area (TPSA) is 167 Å². The summed E-state index contributed by atoms with van der Waals surface area (Å²) in [4.78, 5) is 35.5. The molecule has 2 saturated heterocycles. The smallest absolute Gasteiger partial charge is 0.475 e. The molecule has 4 unspecified atom stereocenters. The Balaban J connectivity index is 0.745. The van der Waals surface area contributed by atoms with Crippen molar-refractivity contribution in [3.63, 3.8) is 0 Å². The van der Waals surface area contributed by atoms with Crippen LogP contribution in [-0.4, -0.2) is 87.2 Å². The van der Waals surface area contributed by atoms with E-state index in [9.17, 15) is 18.5 Å². The number of phosphoric acid groups is 1. The molecule has 17 nitrogen and oxygen atoms in total. The van der Waals surface area contributed by atoms with Gasteiger partial charge in [0.05, 0.1) is 44.7 Å².